The normalized spacial score (nSPS) is 11.6. The van der Waals surface area contributed by atoms with Gasteiger partial charge in [-0.15, -0.1) is 0 Å². The van der Waals surface area contributed by atoms with Crippen LogP contribution in [0.5, 0.6) is 17.2 Å². The molecule has 0 heterocycles. The first-order valence-corrected chi connectivity index (χ1v) is 5.79. The van der Waals surface area contributed by atoms with Gasteiger partial charge in [0.1, 0.15) is 0 Å². The van der Waals surface area contributed by atoms with E-state index < -0.39 is 6.10 Å². The van der Waals surface area contributed by atoms with Crippen molar-refractivity contribution in [2.45, 2.75) is 19.4 Å². The van der Waals surface area contributed by atoms with Gasteiger partial charge >= 0.3 is 0 Å². The highest BCUT2D eigenvalue weighted by atomic mass is 16.5. The molecule has 1 atom stereocenters. The molecule has 1 aromatic carbocycles. The topological polar surface area (TPSA) is 77.0 Å². The summed E-state index contributed by atoms with van der Waals surface area (Å²) in [5.74, 6) is 1.08. The first-order valence-electron chi connectivity index (χ1n) is 5.79. The van der Waals surface area contributed by atoms with Crippen LogP contribution in [0.1, 0.15) is 13.3 Å². The third-order valence-corrected chi connectivity index (χ3v) is 2.43. The standard InChI is InChI=1S/C13H19NO5/c1-8(15)5-12(16)14-9-6-10(17-2)13(19-4)11(7-9)18-3/h6-8,15H,5H2,1-4H3,(H,14,16). The first-order chi connectivity index (χ1) is 9.01. The predicted octanol–water partition coefficient (Wildman–Crippen LogP) is 1.42. The Hall–Kier alpha value is -1.95. The lowest BCUT2D eigenvalue weighted by molar-refractivity contribution is -0.117. The molecule has 0 aliphatic heterocycles. The van der Waals surface area contributed by atoms with Gasteiger partial charge in [0.2, 0.25) is 11.7 Å². The molecule has 0 aliphatic rings. The number of aliphatic hydroxyl groups excluding tert-OH is 1. The van der Waals surface area contributed by atoms with Crippen LogP contribution >= 0.6 is 0 Å². The number of amides is 1. The lowest BCUT2D eigenvalue weighted by Crippen LogP contribution is -2.17. The van der Waals surface area contributed by atoms with E-state index in [1.54, 1.807) is 19.1 Å². The van der Waals surface area contributed by atoms with Gasteiger partial charge in [-0.05, 0) is 6.92 Å². The number of hydrogen-bond acceptors (Lipinski definition) is 5. The van der Waals surface area contributed by atoms with E-state index >= 15 is 0 Å². The Morgan fingerprint density at radius 1 is 1.21 bits per heavy atom. The SMILES string of the molecule is COc1cc(NC(=O)CC(C)O)cc(OC)c1OC. The molecule has 0 spiro atoms. The number of aliphatic hydroxyl groups is 1. The summed E-state index contributed by atoms with van der Waals surface area (Å²) in [6, 6.07) is 3.25. The highest BCUT2D eigenvalue weighted by Gasteiger charge is 2.14. The fourth-order valence-corrected chi connectivity index (χ4v) is 1.63. The highest BCUT2D eigenvalue weighted by Crippen LogP contribution is 2.39. The molecule has 0 fully saturated rings. The van der Waals surface area contributed by atoms with Gasteiger partial charge in [-0.3, -0.25) is 4.79 Å². The fourth-order valence-electron chi connectivity index (χ4n) is 1.63. The minimum atomic E-state index is -0.693. The quantitative estimate of drug-likeness (QED) is 0.816. The number of carbonyl (C=O) groups excluding carboxylic acids is 1. The van der Waals surface area contributed by atoms with E-state index in [0.717, 1.165) is 0 Å². The average molecular weight is 269 g/mol. The van der Waals surface area contributed by atoms with Gasteiger partial charge in [0.15, 0.2) is 11.5 Å². The molecule has 0 saturated carbocycles. The van der Waals surface area contributed by atoms with Crippen LogP contribution in [0.3, 0.4) is 0 Å². The van der Waals surface area contributed by atoms with E-state index in [0.29, 0.717) is 22.9 Å². The van der Waals surface area contributed by atoms with E-state index in [4.69, 9.17) is 19.3 Å². The molecule has 6 nitrogen and oxygen atoms in total. The molecule has 0 radical (unpaired) electrons. The van der Waals surface area contributed by atoms with Gasteiger partial charge in [0, 0.05) is 17.8 Å². The van der Waals surface area contributed by atoms with E-state index in [-0.39, 0.29) is 12.3 Å². The Morgan fingerprint density at radius 2 is 1.74 bits per heavy atom. The smallest absolute Gasteiger partial charge is 0.226 e. The molecule has 19 heavy (non-hydrogen) atoms. The van der Waals surface area contributed by atoms with Crippen molar-refractivity contribution in [2.75, 3.05) is 26.6 Å². The lowest BCUT2D eigenvalue weighted by atomic mass is 10.2. The Labute approximate surface area is 112 Å². The van der Waals surface area contributed by atoms with E-state index in [2.05, 4.69) is 5.32 Å². The summed E-state index contributed by atoms with van der Waals surface area (Å²) in [6.07, 6.45) is -0.668. The monoisotopic (exact) mass is 269 g/mol. The van der Waals surface area contributed by atoms with Crippen molar-refractivity contribution in [3.05, 3.63) is 12.1 Å². The second-order valence-electron chi connectivity index (χ2n) is 4.02. The van der Waals surface area contributed by atoms with Gasteiger partial charge in [-0.2, -0.15) is 0 Å². The predicted molar refractivity (Wildman–Crippen MR) is 71.0 cm³/mol. The molecule has 0 aromatic heterocycles. The molecular weight excluding hydrogens is 250 g/mol. The second-order valence-corrected chi connectivity index (χ2v) is 4.02. The Bertz CT molecular complexity index is 420. The number of nitrogens with one attached hydrogen (secondary N) is 1. The summed E-state index contributed by atoms with van der Waals surface area (Å²) in [6.45, 7) is 1.55. The van der Waals surface area contributed by atoms with Gasteiger partial charge in [0.25, 0.3) is 0 Å². The third kappa shape index (κ3) is 4.03. The van der Waals surface area contributed by atoms with Crippen LogP contribution in [0.4, 0.5) is 5.69 Å². The van der Waals surface area contributed by atoms with Crippen molar-refractivity contribution < 1.29 is 24.1 Å². The maximum Gasteiger partial charge on any atom is 0.226 e. The Morgan fingerprint density at radius 3 is 2.11 bits per heavy atom. The van der Waals surface area contributed by atoms with Gasteiger partial charge in [-0.25, -0.2) is 0 Å². The van der Waals surface area contributed by atoms with Crippen molar-refractivity contribution >= 4 is 11.6 Å². The number of methoxy groups -OCH3 is 3. The van der Waals surface area contributed by atoms with Gasteiger partial charge in [0.05, 0.1) is 33.9 Å². The van der Waals surface area contributed by atoms with Crippen LogP contribution in [-0.4, -0.2) is 38.4 Å². The Balaban J connectivity index is 2.99. The van der Waals surface area contributed by atoms with Crippen molar-refractivity contribution in [1.82, 2.24) is 0 Å². The van der Waals surface area contributed by atoms with Crippen LogP contribution in [0.25, 0.3) is 0 Å². The van der Waals surface area contributed by atoms with E-state index in [1.165, 1.54) is 21.3 Å². The highest BCUT2D eigenvalue weighted by molar-refractivity contribution is 5.91. The summed E-state index contributed by atoms with van der Waals surface area (Å²) >= 11 is 0. The molecule has 1 aromatic rings. The van der Waals surface area contributed by atoms with E-state index in [9.17, 15) is 4.79 Å². The zero-order chi connectivity index (χ0) is 14.4. The molecule has 0 aliphatic carbocycles. The molecule has 1 amide bonds. The molecule has 6 heteroatoms. The number of rotatable bonds is 6. The van der Waals surface area contributed by atoms with Crippen molar-refractivity contribution in [3.63, 3.8) is 0 Å². The zero-order valence-electron chi connectivity index (χ0n) is 11.5. The molecule has 2 N–H and O–H groups in total. The largest absolute Gasteiger partial charge is 0.493 e. The fraction of sp³-hybridized carbons (Fsp3) is 0.462. The Kier molecular flexibility index (Phi) is 5.44. The third-order valence-electron chi connectivity index (χ3n) is 2.43. The molecule has 106 valence electrons. The maximum absolute atomic E-state index is 11.6. The minimum Gasteiger partial charge on any atom is -0.493 e. The molecule has 0 bridgehead atoms. The first kappa shape index (κ1) is 15.1. The van der Waals surface area contributed by atoms with E-state index in [1.807, 2.05) is 0 Å². The number of hydrogen-bond donors (Lipinski definition) is 2. The van der Waals surface area contributed by atoms with Crippen molar-refractivity contribution in [2.24, 2.45) is 0 Å². The van der Waals surface area contributed by atoms with Crippen LogP contribution < -0.4 is 19.5 Å². The number of carbonyl (C=O) groups is 1. The summed E-state index contributed by atoms with van der Waals surface area (Å²) in [7, 11) is 4.50. The van der Waals surface area contributed by atoms with Crippen molar-refractivity contribution in [3.8, 4) is 17.2 Å². The summed E-state index contributed by atoms with van der Waals surface area (Å²) in [4.78, 5) is 11.6. The lowest BCUT2D eigenvalue weighted by Gasteiger charge is -2.14. The minimum absolute atomic E-state index is 0.0245. The van der Waals surface area contributed by atoms with Gasteiger partial charge in [-0.1, -0.05) is 0 Å². The van der Waals surface area contributed by atoms with Gasteiger partial charge < -0.3 is 24.6 Å². The van der Waals surface area contributed by atoms with Crippen LogP contribution in [0, 0.1) is 0 Å². The summed E-state index contributed by atoms with van der Waals surface area (Å²) < 4.78 is 15.5. The van der Waals surface area contributed by atoms with Crippen molar-refractivity contribution in [1.29, 1.82) is 0 Å². The maximum atomic E-state index is 11.6. The number of anilines is 1. The second kappa shape index (κ2) is 6.84. The molecule has 1 rings (SSSR count). The molecule has 0 saturated heterocycles. The molecule has 1 unspecified atom stereocenters. The molecular formula is C13H19NO5. The average Bonchev–Trinajstić information content (AvgIpc) is 2.36. The zero-order valence-corrected chi connectivity index (χ0v) is 11.5. The summed E-state index contributed by atoms with van der Waals surface area (Å²) in [5, 5.41) is 11.8. The van der Waals surface area contributed by atoms with Crippen LogP contribution in [-0.2, 0) is 4.79 Å². The number of ether oxygens (including phenoxy) is 3. The number of benzene rings is 1. The van der Waals surface area contributed by atoms with Crippen LogP contribution in [0.15, 0.2) is 12.1 Å². The van der Waals surface area contributed by atoms with Crippen LogP contribution in [0.2, 0.25) is 0 Å². The summed E-state index contributed by atoms with van der Waals surface area (Å²) in [5.41, 5.74) is 0.514.